The van der Waals surface area contributed by atoms with Crippen LogP contribution in [0.25, 0.3) is 11.4 Å². The standard InChI is InChI=1S/C24H25F5N6O4/c1-3-16-18(35-10-14(8-21(37)38)9-23(25,26)13-35)6-5-17(30-16)22-19(33(2)32-31-22)12-34-11-15(4-7-20(34)36)39-24(27,28)29/h4-7,11,14H,3,8-10,12-13H2,1-2H3,(H,37,38). The zero-order chi connectivity index (χ0) is 28.5. The summed E-state index contributed by atoms with van der Waals surface area (Å²) in [6.07, 6.45) is -4.54. The molecule has 3 aromatic rings. The third kappa shape index (κ3) is 6.70. The van der Waals surface area contributed by atoms with E-state index in [0.717, 1.165) is 22.9 Å². The Bertz CT molecular complexity index is 1420. The number of aliphatic carboxylic acids is 1. The molecular weight excluding hydrogens is 531 g/mol. The van der Waals surface area contributed by atoms with Gasteiger partial charge in [-0.1, -0.05) is 12.1 Å². The number of nitrogens with zero attached hydrogens (tertiary/aromatic N) is 6. The van der Waals surface area contributed by atoms with Gasteiger partial charge in [0, 0.05) is 26.1 Å². The van der Waals surface area contributed by atoms with E-state index >= 15 is 0 Å². The van der Waals surface area contributed by atoms with Gasteiger partial charge in [-0.15, -0.1) is 18.3 Å². The molecule has 1 unspecified atom stereocenters. The number of aryl methyl sites for hydroxylation is 2. The second-order valence-electron chi connectivity index (χ2n) is 9.31. The lowest BCUT2D eigenvalue weighted by atomic mass is 9.91. The molecule has 39 heavy (non-hydrogen) atoms. The van der Waals surface area contributed by atoms with Gasteiger partial charge in [0.1, 0.15) is 11.4 Å². The summed E-state index contributed by atoms with van der Waals surface area (Å²) in [5, 5.41) is 17.2. The molecule has 0 aromatic carbocycles. The van der Waals surface area contributed by atoms with E-state index in [4.69, 9.17) is 5.11 Å². The molecule has 4 rings (SSSR count). The number of piperidine rings is 1. The summed E-state index contributed by atoms with van der Waals surface area (Å²) in [7, 11) is 1.54. The highest BCUT2D eigenvalue weighted by atomic mass is 19.4. The molecule has 1 fully saturated rings. The maximum atomic E-state index is 14.5. The molecule has 0 spiro atoms. The van der Waals surface area contributed by atoms with E-state index in [0.29, 0.717) is 29.2 Å². The van der Waals surface area contributed by atoms with Crippen molar-refractivity contribution in [2.24, 2.45) is 13.0 Å². The van der Waals surface area contributed by atoms with Crippen molar-refractivity contribution in [2.45, 2.75) is 45.0 Å². The fourth-order valence-corrected chi connectivity index (χ4v) is 4.69. The molecule has 4 heterocycles. The topological polar surface area (TPSA) is 115 Å². The molecular formula is C24H25F5N6O4. The van der Waals surface area contributed by atoms with E-state index in [1.165, 1.54) is 9.58 Å². The van der Waals surface area contributed by atoms with Crippen molar-refractivity contribution in [3.05, 3.63) is 52.2 Å². The predicted octanol–water partition coefficient (Wildman–Crippen LogP) is 3.48. The van der Waals surface area contributed by atoms with E-state index in [2.05, 4.69) is 20.0 Å². The quantitative estimate of drug-likeness (QED) is 0.420. The molecule has 15 heteroatoms. The van der Waals surface area contributed by atoms with Crippen LogP contribution in [0.3, 0.4) is 0 Å². The molecule has 210 valence electrons. The SMILES string of the molecule is CCc1nc(-c2nnn(C)c2Cn2cc(OC(F)(F)F)ccc2=O)ccc1N1CC(CC(=O)O)CC(F)(F)C1. The zero-order valence-corrected chi connectivity index (χ0v) is 21.0. The first-order valence-electron chi connectivity index (χ1n) is 11.9. The van der Waals surface area contributed by atoms with Crippen molar-refractivity contribution in [2.75, 3.05) is 18.0 Å². The average molecular weight is 556 g/mol. The summed E-state index contributed by atoms with van der Waals surface area (Å²) in [6.45, 7) is 1.14. The number of pyridine rings is 2. The number of rotatable bonds is 8. The van der Waals surface area contributed by atoms with Gasteiger partial charge in [0.25, 0.3) is 11.5 Å². The Morgan fingerprint density at radius 3 is 2.64 bits per heavy atom. The minimum Gasteiger partial charge on any atom is -0.481 e. The van der Waals surface area contributed by atoms with Crippen molar-refractivity contribution in [3.63, 3.8) is 0 Å². The molecule has 1 aliphatic rings. The van der Waals surface area contributed by atoms with E-state index < -0.39 is 48.4 Å². The Balaban J connectivity index is 1.65. The van der Waals surface area contributed by atoms with Crippen LogP contribution in [0.2, 0.25) is 0 Å². The normalized spacial score (nSPS) is 17.3. The van der Waals surface area contributed by atoms with Gasteiger partial charge in [-0.3, -0.25) is 9.59 Å². The van der Waals surface area contributed by atoms with Crippen LogP contribution in [-0.2, 0) is 24.8 Å². The molecule has 0 bridgehead atoms. The van der Waals surface area contributed by atoms with E-state index in [-0.39, 0.29) is 25.2 Å². The van der Waals surface area contributed by atoms with Crippen molar-refractivity contribution in [3.8, 4) is 17.1 Å². The number of hydrogen-bond acceptors (Lipinski definition) is 7. The Hall–Kier alpha value is -4.04. The molecule has 3 aromatic heterocycles. The highest BCUT2D eigenvalue weighted by molar-refractivity contribution is 5.67. The number of carbonyl (C=O) groups is 1. The first kappa shape index (κ1) is 28.0. The van der Waals surface area contributed by atoms with Crippen LogP contribution >= 0.6 is 0 Å². The molecule has 1 N–H and O–H groups in total. The summed E-state index contributed by atoms with van der Waals surface area (Å²) < 4.78 is 73.1. The fourth-order valence-electron chi connectivity index (χ4n) is 4.69. The van der Waals surface area contributed by atoms with Crippen LogP contribution in [0.1, 0.15) is 31.2 Å². The molecule has 0 aliphatic carbocycles. The van der Waals surface area contributed by atoms with Crippen LogP contribution in [0.5, 0.6) is 5.75 Å². The molecule has 0 saturated carbocycles. The number of alkyl halides is 5. The maximum Gasteiger partial charge on any atom is 0.573 e. The number of carboxylic acid groups (broad SMARTS) is 1. The number of anilines is 1. The minimum absolute atomic E-state index is 0.131. The lowest BCUT2D eigenvalue weighted by Crippen LogP contribution is -2.48. The van der Waals surface area contributed by atoms with Crippen LogP contribution in [0, 0.1) is 5.92 Å². The van der Waals surface area contributed by atoms with Gasteiger partial charge in [0.2, 0.25) is 0 Å². The first-order valence-corrected chi connectivity index (χ1v) is 11.9. The molecule has 0 radical (unpaired) electrons. The second kappa shape index (κ2) is 10.6. The molecule has 10 nitrogen and oxygen atoms in total. The third-order valence-corrected chi connectivity index (χ3v) is 6.27. The van der Waals surface area contributed by atoms with Crippen LogP contribution in [0.4, 0.5) is 27.6 Å². The third-order valence-electron chi connectivity index (χ3n) is 6.27. The second-order valence-corrected chi connectivity index (χ2v) is 9.31. The Morgan fingerprint density at radius 1 is 1.23 bits per heavy atom. The summed E-state index contributed by atoms with van der Waals surface area (Å²) in [5.74, 6) is -5.53. The summed E-state index contributed by atoms with van der Waals surface area (Å²) in [5.41, 5.74) is 1.25. The average Bonchev–Trinajstić information content (AvgIpc) is 3.18. The van der Waals surface area contributed by atoms with Crippen LogP contribution < -0.4 is 15.2 Å². The number of hydrogen-bond donors (Lipinski definition) is 1. The Morgan fingerprint density at radius 2 is 1.97 bits per heavy atom. The monoisotopic (exact) mass is 556 g/mol. The molecule has 1 atom stereocenters. The van der Waals surface area contributed by atoms with Gasteiger partial charge >= 0.3 is 12.3 Å². The van der Waals surface area contributed by atoms with Crippen LogP contribution in [-0.4, -0.2) is 61.0 Å². The van der Waals surface area contributed by atoms with Crippen molar-refractivity contribution in [1.29, 1.82) is 0 Å². The van der Waals surface area contributed by atoms with Gasteiger partial charge in [-0.25, -0.2) is 18.4 Å². The van der Waals surface area contributed by atoms with Gasteiger partial charge in [-0.2, -0.15) is 0 Å². The van der Waals surface area contributed by atoms with Crippen molar-refractivity contribution >= 4 is 11.7 Å². The van der Waals surface area contributed by atoms with Gasteiger partial charge in [-0.05, 0) is 30.5 Å². The molecule has 1 saturated heterocycles. The lowest BCUT2D eigenvalue weighted by Gasteiger charge is -2.39. The van der Waals surface area contributed by atoms with E-state index in [1.807, 2.05) is 0 Å². The Kier molecular flexibility index (Phi) is 7.61. The minimum atomic E-state index is -4.93. The van der Waals surface area contributed by atoms with Gasteiger partial charge < -0.3 is 19.3 Å². The van der Waals surface area contributed by atoms with Crippen molar-refractivity contribution < 1.29 is 36.6 Å². The van der Waals surface area contributed by atoms with E-state index in [9.17, 15) is 31.5 Å². The van der Waals surface area contributed by atoms with Crippen molar-refractivity contribution in [1.82, 2.24) is 24.5 Å². The predicted molar refractivity (Wildman–Crippen MR) is 128 cm³/mol. The highest BCUT2D eigenvalue weighted by Gasteiger charge is 2.41. The summed E-state index contributed by atoms with van der Waals surface area (Å²) in [6, 6.07) is 5.00. The smallest absolute Gasteiger partial charge is 0.481 e. The Labute approximate surface area is 218 Å². The fraction of sp³-hybridized carbons (Fsp3) is 0.458. The zero-order valence-electron chi connectivity index (χ0n) is 21.0. The van der Waals surface area contributed by atoms with E-state index in [1.54, 1.807) is 26.1 Å². The number of carboxylic acids is 1. The molecule has 1 aliphatic heterocycles. The van der Waals surface area contributed by atoms with Gasteiger partial charge in [0.05, 0.1) is 48.5 Å². The number of ether oxygens (including phenoxy) is 1. The lowest BCUT2D eigenvalue weighted by molar-refractivity contribution is -0.274. The largest absolute Gasteiger partial charge is 0.573 e. The van der Waals surface area contributed by atoms with Gasteiger partial charge in [0.15, 0.2) is 0 Å². The summed E-state index contributed by atoms with van der Waals surface area (Å²) >= 11 is 0. The first-order chi connectivity index (χ1) is 18.2. The maximum absolute atomic E-state index is 14.5. The highest BCUT2D eigenvalue weighted by Crippen LogP contribution is 2.36. The summed E-state index contributed by atoms with van der Waals surface area (Å²) in [4.78, 5) is 29.5. The number of aromatic nitrogens is 5. The van der Waals surface area contributed by atoms with Crippen LogP contribution in [0.15, 0.2) is 35.3 Å². The number of halogens is 5. The molecule has 0 amide bonds.